The first-order valence-corrected chi connectivity index (χ1v) is 12.6. The summed E-state index contributed by atoms with van der Waals surface area (Å²) in [5.41, 5.74) is 3.45. The van der Waals surface area contributed by atoms with Crippen molar-refractivity contribution in [3.8, 4) is 11.5 Å². The Balaban J connectivity index is 2.32. The zero-order chi connectivity index (χ0) is 20.4. The third-order valence-corrected chi connectivity index (χ3v) is 6.64. The molecule has 1 unspecified atom stereocenters. The number of aryl methyl sites for hydroxylation is 1. The number of aromatic hydroxyl groups is 1. The van der Waals surface area contributed by atoms with Gasteiger partial charge in [-0.2, -0.15) is 0 Å². The van der Waals surface area contributed by atoms with Gasteiger partial charge in [0.15, 0.2) is 0 Å². The molecule has 0 saturated carbocycles. The zero-order valence-electron chi connectivity index (χ0n) is 17.5. The first-order chi connectivity index (χ1) is 13.6. The van der Waals surface area contributed by atoms with Gasteiger partial charge >= 0.3 is 0 Å². The average molecular weight is 469 g/mol. The highest BCUT2D eigenvalue weighted by molar-refractivity contribution is 9.09. The number of unbranched alkanes of at least 4 members (excludes halogenated alkanes) is 2. The van der Waals surface area contributed by atoms with Gasteiger partial charge in [0.1, 0.15) is 11.5 Å². The van der Waals surface area contributed by atoms with E-state index < -0.39 is 0 Å². The van der Waals surface area contributed by atoms with Crippen molar-refractivity contribution in [2.24, 2.45) is 4.99 Å². The number of hydrogen-bond donors (Lipinski definition) is 1. The van der Waals surface area contributed by atoms with Crippen molar-refractivity contribution in [3.05, 3.63) is 34.9 Å². The van der Waals surface area contributed by atoms with Crippen LogP contribution < -0.4 is 4.74 Å². The molecule has 0 bridgehead atoms. The van der Waals surface area contributed by atoms with Crippen LogP contribution in [0, 0.1) is 0 Å². The molecule has 1 atom stereocenters. The van der Waals surface area contributed by atoms with Crippen LogP contribution in [0.25, 0.3) is 0 Å². The Morgan fingerprint density at radius 1 is 1.32 bits per heavy atom. The van der Waals surface area contributed by atoms with Gasteiger partial charge in [0, 0.05) is 29.6 Å². The van der Waals surface area contributed by atoms with Crippen LogP contribution in [0.3, 0.4) is 0 Å². The van der Waals surface area contributed by atoms with Crippen molar-refractivity contribution in [1.82, 2.24) is 0 Å². The van der Waals surface area contributed by atoms with E-state index in [4.69, 9.17) is 4.74 Å². The summed E-state index contributed by atoms with van der Waals surface area (Å²) in [5, 5.41) is 12.5. The molecule has 0 fully saturated rings. The van der Waals surface area contributed by atoms with Crippen molar-refractivity contribution in [3.63, 3.8) is 0 Å². The number of rotatable bonds is 9. The highest BCUT2D eigenvalue weighted by atomic mass is 79.9. The average Bonchev–Trinajstić information content (AvgIpc) is 2.67. The molecule has 156 valence electrons. The highest BCUT2D eigenvalue weighted by Crippen LogP contribution is 2.42. The molecule has 0 spiro atoms. The molecule has 0 saturated heterocycles. The predicted molar refractivity (Wildman–Crippen MR) is 127 cm³/mol. The van der Waals surface area contributed by atoms with Gasteiger partial charge in [-0.05, 0) is 63.1 Å². The van der Waals surface area contributed by atoms with E-state index in [1.54, 1.807) is 18.8 Å². The van der Waals surface area contributed by atoms with Crippen LogP contribution in [0.15, 0.2) is 28.8 Å². The third-order valence-electron chi connectivity index (χ3n) is 5.08. The molecule has 1 aromatic rings. The normalized spacial score (nSPS) is 17.5. The summed E-state index contributed by atoms with van der Waals surface area (Å²) in [6, 6.07) is 4.06. The van der Waals surface area contributed by atoms with Crippen LogP contribution in [-0.4, -0.2) is 28.5 Å². The van der Waals surface area contributed by atoms with E-state index in [9.17, 15) is 5.11 Å². The number of halogens is 1. The van der Waals surface area contributed by atoms with E-state index in [0.29, 0.717) is 11.0 Å². The molecule has 0 amide bonds. The van der Waals surface area contributed by atoms with E-state index in [0.717, 1.165) is 66.5 Å². The summed E-state index contributed by atoms with van der Waals surface area (Å²) >= 11 is 5.10. The Morgan fingerprint density at radius 3 is 2.82 bits per heavy atom. The predicted octanol–water partition coefficient (Wildman–Crippen LogP) is 7.22. The summed E-state index contributed by atoms with van der Waals surface area (Å²) in [7, 11) is 1.77. The van der Waals surface area contributed by atoms with E-state index in [2.05, 4.69) is 46.9 Å². The summed E-state index contributed by atoms with van der Waals surface area (Å²) in [5.74, 6) is 2.30. The molecule has 28 heavy (non-hydrogen) atoms. The van der Waals surface area contributed by atoms with Gasteiger partial charge < -0.3 is 9.84 Å². The fourth-order valence-corrected chi connectivity index (χ4v) is 5.03. The molecular formula is C23H34BrNO2S. The van der Waals surface area contributed by atoms with Gasteiger partial charge in [0.25, 0.3) is 5.23 Å². The molecule has 0 aromatic heterocycles. The molecule has 1 aromatic carbocycles. The van der Waals surface area contributed by atoms with Crippen molar-refractivity contribution in [2.75, 3.05) is 18.1 Å². The lowest BCUT2D eigenvalue weighted by Crippen LogP contribution is -2.10. The number of thioether (sulfide) groups is 1. The maximum absolute atomic E-state index is 10.9. The minimum absolute atomic E-state index is 0.207. The highest BCUT2D eigenvalue weighted by Gasteiger charge is 2.23. The molecule has 0 heterocycles. The van der Waals surface area contributed by atoms with Crippen molar-refractivity contribution < 1.29 is 9.84 Å². The molecule has 1 aliphatic rings. The van der Waals surface area contributed by atoms with E-state index in [1.807, 2.05) is 6.07 Å². The fraction of sp³-hybridized carbons (Fsp3) is 0.609. The molecule has 0 radical (unpaired) electrons. The van der Waals surface area contributed by atoms with Gasteiger partial charge in [-0.3, -0.25) is 0 Å². The van der Waals surface area contributed by atoms with Crippen molar-refractivity contribution >= 4 is 32.9 Å². The smallest absolute Gasteiger partial charge is 0.251 e. The van der Waals surface area contributed by atoms with Crippen LogP contribution in [0.5, 0.6) is 11.5 Å². The SMILES string of the molecule is CCCCCc1cc(O)c(C2C=C(C)CCC2)c(O/C(=N\C)SCCCBr)c1. The number of allylic oxidation sites excluding steroid dienone is 2. The Bertz CT molecular complexity index is 687. The molecule has 2 rings (SSSR count). The molecule has 1 N–H and O–H groups in total. The fourth-order valence-electron chi connectivity index (χ4n) is 3.63. The molecule has 5 heteroatoms. The lowest BCUT2D eigenvalue weighted by Gasteiger charge is -2.24. The first kappa shape index (κ1) is 23.3. The number of phenols is 1. The van der Waals surface area contributed by atoms with E-state index in [1.165, 1.54) is 18.4 Å². The largest absolute Gasteiger partial charge is 0.507 e. The summed E-state index contributed by atoms with van der Waals surface area (Å²) in [6.45, 7) is 4.39. The topological polar surface area (TPSA) is 41.8 Å². The number of ether oxygens (including phenoxy) is 1. The van der Waals surface area contributed by atoms with Crippen LogP contribution in [0.1, 0.15) is 75.8 Å². The Labute approximate surface area is 183 Å². The summed E-state index contributed by atoms with van der Waals surface area (Å²) < 4.78 is 6.27. The van der Waals surface area contributed by atoms with Crippen LogP contribution in [0.4, 0.5) is 0 Å². The summed E-state index contributed by atoms with van der Waals surface area (Å²) in [4.78, 5) is 4.34. The lowest BCUT2D eigenvalue weighted by atomic mass is 9.84. The Morgan fingerprint density at radius 2 is 2.14 bits per heavy atom. The minimum Gasteiger partial charge on any atom is -0.507 e. The lowest BCUT2D eigenvalue weighted by molar-refractivity contribution is 0.449. The monoisotopic (exact) mass is 467 g/mol. The molecule has 1 aliphatic carbocycles. The number of hydrogen-bond acceptors (Lipinski definition) is 4. The van der Waals surface area contributed by atoms with Gasteiger partial charge in [-0.25, -0.2) is 4.99 Å². The molecular weight excluding hydrogens is 434 g/mol. The van der Waals surface area contributed by atoms with Gasteiger partial charge in [-0.1, -0.05) is 59.1 Å². The van der Waals surface area contributed by atoms with Crippen LogP contribution in [-0.2, 0) is 6.42 Å². The third kappa shape index (κ3) is 7.14. The second kappa shape index (κ2) is 12.6. The van der Waals surface area contributed by atoms with Gasteiger partial charge in [-0.15, -0.1) is 0 Å². The number of benzene rings is 1. The quantitative estimate of drug-likeness (QED) is 0.137. The summed E-state index contributed by atoms with van der Waals surface area (Å²) in [6.07, 6.45) is 11.2. The standard InChI is InChI=1S/C23H34BrNO2S/c1-4-5-6-10-18-15-20(26)22(19-11-7-9-17(2)14-19)21(16-18)27-23(25-3)28-13-8-12-24/h14-16,19,26H,4-13H2,1-3H3/b25-23+. The Kier molecular flexibility index (Phi) is 10.5. The maximum atomic E-state index is 10.9. The van der Waals surface area contributed by atoms with Crippen LogP contribution >= 0.6 is 27.7 Å². The van der Waals surface area contributed by atoms with Gasteiger partial charge in [0.05, 0.1) is 0 Å². The molecule has 3 nitrogen and oxygen atoms in total. The number of aliphatic imine (C=N–C) groups is 1. The van der Waals surface area contributed by atoms with Gasteiger partial charge in [0.2, 0.25) is 0 Å². The minimum atomic E-state index is 0.207. The Hall–Kier alpha value is -0.940. The van der Waals surface area contributed by atoms with E-state index in [-0.39, 0.29) is 5.92 Å². The van der Waals surface area contributed by atoms with Crippen molar-refractivity contribution in [1.29, 1.82) is 0 Å². The first-order valence-electron chi connectivity index (χ1n) is 10.5. The zero-order valence-corrected chi connectivity index (χ0v) is 19.9. The number of alkyl halides is 1. The number of nitrogens with zero attached hydrogens (tertiary/aromatic N) is 1. The van der Waals surface area contributed by atoms with Crippen molar-refractivity contribution in [2.45, 2.75) is 71.1 Å². The maximum Gasteiger partial charge on any atom is 0.251 e. The van der Waals surface area contributed by atoms with Crippen LogP contribution in [0.2, 0.25) is 0 Å². The second-order valence-corrected chi connectivity index (χ2v) is 9.32. The second-order valence-electron chi connectivity index (χ2n) is 7.48. The van der Waals surface area contributed by atoms with E-state index >= 15 is 0 Å². The molecule has 0 aliphatic heterocycles. The number of phenolic OH excluding ortho intramolecular Hbond substituents is 1.